The fourth-order valence-electron chi connectivity index (χ4n) is 2.75. The molecule has 0 unspecified atom stereocenters. The Morgan fingerprint density at radius 3 is 3.00 bits per heavy atom. The Morgan fingerprint density at radius 1 is 1.54 bits per heavy atom. The van der Waals surface area contributed by atoms with Gasteiger partial charge in [0, 0.05) is 24.9 Å². The first-order chi connectivity index (χ1) is 12.5. The molecule has 1 aliphatic heterocycles. The maximum atomic E-state index is 14.5. The maximum absolute atomic E-state index is 14.5. The second-order valence-corrected chi connectivity index (χ2v) is 5.83. The molecule has 1 amide bonds. The first kappa shape index (κ1) is 17.5. The Kier molecular flexibility index (Phi) is 4.89. The van der Waals surface area contributed by atoms with Gasteiger partial charge in [-0.05, 0) is 31.2 Å². The molecule has 1 saturated heterocycles. The molecular formula is C18H18FN5O2. The highest BCUT2D eigenvalue weighted by molar-refractivity contribution is 5.90. The third-order valence-electron chi connectivity index (χ3n) is 4.05. The minimum Gasteiger partial charge on any atom is -0.442 e. The lowest BCUT2D eigenvalue weighted by molar-refractivity contribution is 0.143. The number of rotatable bonds is 4. The van der Waals surface area contributed by atoms with Gasteiger partial charge in [-0.25, -0.2) is 9.18 Å². The Balaban J connectivity index is 1.72. The molecule has 134 valence electrons. The fraction of sp³-hybridized carbons (Fsp3) is 0.278. The van der Waals surface area contributed by atoms with E-state index < -0.39 is 11.9 Å². The first-order valence-electron chi connectivity index (χ1n) is 7.99. The van der Waals surface area contributed by atoms with E-state index in [4.69, 9.17) is 11.2 Å². The third-order valence-corrected chi connectivity index (χ3v) is 4.05. The summed E-state index contributed by atoms with van der Waals surface area (Å²) in [6, 6.07) is 8.54. The van der Waals surface area contributed by atoms with E-state index in [0.717, 1.165) is 0 Å². The summed E-state index contributed by atoms with van der Waals surface area (Å²) in [5.74, 6) is 0.131. The van der Waals surface area contributed by atoms with Crippen LogP contribution in [0.5, 0.6) is 0 Å². The molecule has 2 aromatic rings. The number of anilines is 1. The Bertz CT molecular complexity index is 899. The van der Waals surface area contributed by atoms with Crippen molar-refractivity contribution in [2.24, 2.45) is 12.0 Å². The fourth-order valence-corrected chi connectivity index (χ4v) is 2.75. The molecule has 3 rings (SSSR count). The summed E-state index contributed by atoms with van der Waals surface area (Å²) in [5, 5.41) is 7.02. The second kappa shape index (κ2) is 7.27. The van der Waals surface area contributed by atoms with Crippen LogP contribution in [0.2, 0.25) is 0 Å². The van der Waals surface area contributed by atoms with E-state index in [9.17, 15) is 9.18 Å². The average molecular weight is 355 g/mol. The number of halogens is 1. The van der Waals surface area contributed by atoms with Crippen LogP contribution in [-0.4, -0.2) is 40.9 Å². The number of cyclic esters (lactones) is 1. The van der Waals surface area contributed by atoms with Crippen LogP contribution in [0.4, 0.5) is 14.9 Å². The van der Waals surface area contributed by atoms with Crippen LogP contribution < -0.4 is 10.2 Å². The second-order valence-electron chi connectivity index (χ2n) is 5.83. The molecule has 2 heterocycles. The van der Waals surface area contributed by atoms with Crippen molar-refractivity contribution in [2.75, 3.05) is 18.0 Å². The number of terminal acetylenes is 1. The van der Waals surface area contributed by atoms with E-state index in [1.807, 2.05) is 0 Å². The summed E-state index contributed by atoms with van der Waals surface area (Å²) < 4.78 is 21.4. The number of amides is 1. The normalized spacial score (nSPS) is 17.2. The number of benzene rings is 1. The number of hydrogen-bond donors (Lipinski definition) is 1. The van der Waals surface area contributed by atoms with E-state index >= 15 is 0 Å². The number of hydrogen-bond acceptors (Lipinski definition) is 4. The maximum Gasteiger partial charge on any atom is 0.414 e. The molecule has 1 atom stereocenters. The number of ether oxygens (including phenoxy) is 1. The van der Waals surface area contributed by atoms with E-state index in [-0.39, 0.29) is 6.10 Å². The lowest BCUT2D eigenvalue weighted by Gasteiger charge is -2.14. The number of amidine groups is 1. The number of aryl methyl sites for hydroxylation is 1. The van der Waals surface area contributed by atoms with Crippen molar-refractivity contribution in [3.63, 3.8) is 0 Å². The third kappa shape index (κ3) is 3.52. The van der Waals surface area contributed by atoms with Gasteiger partial charge < -0.3 is 10.1 Å². The van der Waals surface area contributed by atoms with Gasteiger partial charge in [-0.3, -0.25) is 9.58 Å². The number of nitrogens with zero attached hydrogens (tertiary/aromatic N) is 4. The van der Waals surface area contributed by atoms with Crippen LogP contribution in [-0.2, 0) is 11.8 Å². The summed E-state index contributed by atoms with van der Waals surface area (Å²) in [5.41, 5.74) is 1.51. The zero-order valence-corrected chi connectivity index (χ0v) is 14.4. The molecule has 8 heteroatoms. The molecule has 1 fully saturated rings. The van der Waals surface area contributed by atoms with Gasteiger partial charge in [0.2, 0.25) is 0 Å². The Morgan fingerprint density at radius 2 is 2.35 bits per heavy atom. The van der Waals surface area contributed by atoms with Crippen molar-refractivity contribution in [2.45, 2.75) is 13.0 Å². The van der Waals surface area contributed by atoms with Crippen LogP contribution in [0.25, 0.3) is 11.3 Å². The van der Waals surface area contributed by atoms with Crippen molar-refractivity contribution in [1.82, 2.24) is 15.1 Å². The minimum atomic E-state index is -0.518. The quantitative estimate of drug-likeness (QED) is 0.518. The monoisotopic (exact) mass is 355 g/mol. The van der Waals surface area contributed by atoms with Crippen LogP contribution >= 0.6 is 0 Å². The zero-order valence-electron chi connectivity index (χ0n) is 14.4. The molecule has 26 heavy (non-hydrogen) atoms. The average Bonchev–Trinajstić information content (AvgIpc) is 3.19. The van der Waals surface area contributed by atoms with Gasteiger partial charge in [0.15, 0.2) is 0 Å². The van der Waals surface area contributed by atoms with Crippen molar-refractivity contribution in [3.8, 4) is 23.7 Å². The Labute approximate surface area is 150 Å². The SMILES string of the molecule is C#CN=C(C)NC[C@H]1CN(c2ccc(-c3ccnn3C)c(F)c2)C(=O)O1. The van der Waals surface area contributed by atoms with Crippen LogP contribution in [0, 0.1) is 18.3 Å². The highest BCUT2D eigenvalue weighted by atomic mass is 19.1. The molecule has 1 aliphatic rings. The molecule has 1 aromatic heterocycles. The van der Waals surface area contributed by atoms with Gasteiger partial charge in [-0.2, -0.15) is 10.1 Å². The van der Waals surface area contributed by atoms with E-state index in [1.54, 1.807) is 43.0 Å². The molecule has 0 saturated carbocycles. The lowest BCUT2D eigenvalue weighted by Crippen LogP contribution is -2.33. The predicted octanol–water partition coefficient (Wildman–Crippen LogP) is 2.15. The molecule has 0 aliphatic carbocycles. The van der Waals surface area contributed by atoms with Gasteiger partial charge in [0.1, 0.15) is 17.8 Å². The number of aliphatic imine (C=N–C) groups is 1. The molecule has 1 aromatic carbocycles. The zero-order chi connectivity index (χ0) is 18.7. The highest BCUT2D eigenvalue weighted by Gasteiger charge is 2.32. The Hall–Kier alpha value is -3.34. The van der Waals surface area contributed by atoms with Gasteiger partial charge in [0.25, 0.3) is 0 Å². The summed E-state index contributed by atoms with van der Waals surface area (Å²) in [6.07, 6.45) is 5.79. The summed E-state index contributed by atoms with van der Waals surface area (Å²) >= 11 is 0. The van der Waals surface area contributed by atoms with Gasteiger partial charge >= 0.3 is 6.09 Å². The highest BCUT2D eigenvalue weighted by Crippen LogP contribution is 2.28. The largest absolute Gasteiger partial charge is 0.442 e. The van der Waals surface area contributed by atoms with Crippen LogP contribution in [0.1, 0.15) is 6.92 Å². The summed E-state index contributed by atoms with van der Waals surface area (Å²) in [6.45, 7) is 2.40. The number of aromatic nitrogens is 2. The number of carbonyl (C=O) groups is 1. The lowest BCUT2D eigenvalue weighted by atomic mass is 10.1. The van der Waals surface area contributed by atoms with E-state index in [0.29, 0.717) is 35.9 Å². The smallest absolute Gasteiger partial charge is 0.414 e. The van der Waals surface area contributed by atoms with Crippen LogP contribution in [0.15, 0.2) is 35.5 Å². The topological polar surface area (TPSA) is 71.8 Å². The molecule has 1 N–H and O–H groups in total. The first-order valence-corrected chi connectivity index (χ1v) is 7.99. The molecule has 0 bridgehead atoms. The molecule has 0 radical (unpaired) electrons. The summed E-state index contributed by atoms with van der Waals surface area (Å²) in [7, 11) is 1.74. The minimum absolute atomic E-state index is 0.305. The van der Waals surface area contributed by atoms with Gasteiger partial charge in [-0.15, -0.1) is 0 Å². The van der Waals surface area contributed by atoms with Crippen molar-refractivity contribution < 1.29 is 13.9 Å². The molecular weight excluding hydrogens is 337 g/mol. The van der Waals surface area contributed by atoms with Crippen molar-refractivity contribution in [1.29, 1.82) is 0 Å². The van der Waals surface area contributed by atoms with E-state index in [1.165, 1.54) is 11.0 Å². The summed E-state index contributed by atoms with van der Waals surface area (Å²) in [4.78, 5) is 17.3. The van der Waals surface area contributed by atoms with Crippen molar-refractivity contribution >= 4 is 17.6 Å². The van der Waals surface area contributed by atoms with Gasteiger partial charge in [0.05, 0.1) is 24.5 Å². The van der Waals surface area contributed by atoms with Crippen molar-refractivity contribution in [3.05, 3.63) is 36.3 Å². The number of carbonyl (C=O) groups excluding carboxylic acids is 1. The van der Waals surface area contributed by atoms with Gasteiger partial charge in [-0.1, -0.05) is 6.42 Å². The van der Waals surface area contributed by atoms with Crippen LogP contribution in [0.3, 0.4) is 0 Å². The molecule has 7 nitrogen and oxygen atoms in total. The predicted molar refractivity (Wildman–Crippen MR) is 96.2 cm³/mol. The van der Waals surface area contributed by atoms with E-state index in [2.05, 4.69) is 21.5 Å². The molecule has 0 spiro atoms. The number of nitrogens with one attached hydrogen (secondary N) is 1. The standard InChI is InChI=1S/C18H18FN5O2/c1-4-20-12(2)21-10-14-11-24(18(25)26-14)13-5-6-15(16(19)9-13)17-7-8-22-23(17)3/h1,5-9,14H,10-11H2,2-3H3,(H,20,21)/t14-/m0/s1.